The number of benzene rings is 2. The van der Waals surface area contributed by atoms with Crippen molar-refractivity contribution in [2.24, 2.45) is 0 Å². The van der Waals surface area contributed by atoms with E-state index in [1.807, 2.05) is 19.9 Å². The van der Waals surface area contributed by atoms with Crippen LogP contribution in [0.15, 0.2) is 36.4 Å². The summed E-state index contributed by atoms with van der Waals surface area (Å²) in [6.07, 6.45) is 0. The molecule has 1 N–H and O–H groups in total. The van der Waals surface area contributed by atoms with Crippen LogP contribution in [-0.4, -0.2) is 5.91 Å². The van der Waals surface area contributed by atoms with Crippen molar-refractivity contribution >= 4 is 5.91 Å². The molecule has 1 amide bonds. The number of carbonyl (C=O) groups excluding carboxylic acids is 1. The summed E-state index contributed by atoms with van der Waals surface area (Å²) in [5, 5.41) is 2.74. The lowest BCUT2D eigenvalue weighted by Crippen LogP contribution is -2.28. The number of nitrogens with one attached hydrogen (secondary N) is 1. The van der Waals surface area contributed by atoms with E-state index in [1.54, 1.807) is 19.1 Å². The van der Waals surface area contributed by atoms with Gasteiger partial charge < -0.3 is 5.32 Å². The van der Waals surface area contributed by atoms with Gasteiger partial charge in [-0.3, -0.25) is 4.79 Å². The van der Waals surface area contributed by atoms with E-state index in [1.165, 1.54) is 12.1 Å². The Kier molecular flexibility index (Phi) is 4.36. The largest absolute Gasteiger partial charge is 0.345 e. The van der Waals surface area contributed by atoms with E-state index in [-0.39, 0.29) is 11.5 Å². The predicted octanol–water partition coefficient (Wildman–Crippen LogP) is 4.07. The second kappa shape index (κ2) is 6.04. The van der Waals surface area contributed by atoms with E-state index < -0.39 is 17.7 Å². The first-order valence-electron chi connectivity index (χ1n) is 6.72. The van der Waals surface area contributed by atoms with Gasteiger partial charge in [-0.05, 0) is 44.0 Å². The van der Waals surface area contributed by atoms with Gasteiger partial charge in [-0.25, -0.2) is 8.78 Å². The van der Waals surface area contributed by atoms with Gasteiger partial charge in [0.1, 0.15) is 11.6 Å². The topological polar surface area (TPSA) is 29.1 Å². The van der Waals surface area contributed by atoms with Gasteiger partial charge in [0.2, 0.25) is 0 Å². The van der Waals surface area contributed by atoms with Crippen molar-refractivity contribution in [3.05, 3.63) is 70.3 Å². The van der Waals surface area contributed by atoms with Gasteiger partial charge in [-0.15, -0.1) is 0 Å². The summed E-state index contributed by atoms with van der Waals surface area (Å²) in [7, 11) is 0. The van der Waals surface area contributed by atoms with Crippen molar-refractivity contribution in [1.29, 1.82) is 0 Å². The molecule has 1 atom stereocenters. The Balaban J connectivity index is 2.21. The Bertz CT molecular complexity index is 682. The predicted molar refractivity (Wildman–Crippen MR) is 78.2 cm³/mol. The van der Waals surface area contributed by atoms with E-state index >= 15 is 0 Å². The first-order valence-corrected chi connectivity index (χ1v) is 6.72. The first-order chi connectivity index (χ1) is 9.90. The summed E-state index contributed by atoms with van der Waals surface area (Å²) in [6, 6.07) is 8.26. The number of hydrogen-bond donors (Lipinski definition) is 1. The smallest absolute Gasteiger partial charge is 0.252 e. The number of carbonyl (C=O) groups is 1. The molecule has 110 valence electrons. The second-order valence-corrected chi connectivity index (χ2v) is 5.11. The molecule has 0 heterocycles. The lowest BCUT2D eigenvalue weighted by molar-refractivity contribution is 0.0938. The SMILES string of the molecule is Cc1cccc(C(=O)NC(C)c2ccc(F)cc2F)c1C. The summed E-state index contributed by atoms with van der Waals surface area (Å²) < 4.78 is 26.6. The van der Waals surface area contributed by atoms with E-state index in [2.05, 4.69) is 5.32 Å². The minimum atomic E-state index is -0.663. The maximum absolute atomic E-state index is 13.7. The molecule has 1 unspecified atom stereocenters. The molecule has 0 aliphatic carbocycles. The molecule has 0 saturated heterocycles. The molecule has 0 spiro atoms. The van der Waals surface area contributed by atoms with Gasteiger partial charge >= 0.3 is 0 Å². The number of rotatable bonds is 3. The normalized spacial score (nSPS) is 12.0. The fourth-order valence-corrected chi connectivity index (χ4v) is 2.20. The van der Waals surface area contributed by atoms with Gasteiger partial charge in [-0.1, -0.05) is 18.2 Å². The van der Waals surface area contributed by atoms with E-state index in [0.717, 1.165) is 17.2 Å². The van der Waals surface area contributed by atoms with E-state index in [9.17, 15) is 13.6 Å². The molecule has 2 rings (SSSR count). The van der Waals surface area contributed by atoms with Crippen molar-refractivity contribution in [1.82, 2.24) is 5.32 Å². The zero-order chi connectivity index (χ0) is 15.6. The second-order valence-electron chi connectivity index (χ2n) is 5.11. The van der Waals surface area contributed by atoms with Crippen LogP contribution in [0.25, 0.3) is 0 Å². The highest BCUT2D eigenvalue weighted by atomic mass is 19.1. The van der Waals surface area contributed by atoms with Gasteiger partial charge in [0.05, 0.1) is 6.04 Å². The van der Waals surface area contributed by atoms with Crippen molar-refractivity contribution < 1.29 is 13.6 Å². The van der Waals surface area contributed by atoms with Gasteiger partial charge in [0.25, 0.3) is 5.91 Å². The van der Waals surface area contributed by atoms with Gasteiger partial charge in [0.15, 0.2) is 0 Å². The quantitative estimate of drug-likeness (QED) is 0.906. The highest BCUT2D eigenvalue weighted by Crippen LogP contribution is 2.19. The Labute approximate surface area is 122 Å². The monoisotopic (exact) mass is 289 g/mol. The molecule has 21 heavy (non-hydrogen) atoms. The molecule has 0 aliphatic heterocycles. The summed E-state index contributed by atoms with van der Waals surface area (Å²) >= 11 is 0. The molecule has 2 aromatic rings. The molecule has 0 aromatic heterocycles. The first kappa shape index (κ1) is 15.2. The van der Waals surface area contributed by atoms with Crippen molar-refractivity contribution in [2.45, 2.75) is 26.8 Å². The summed E-state index contributed by atoms with van der Waals surface area (Å²) in [5.74, 6) is -1.57. The minimum absolute atomic E-state index is 0.259. The fraction of sp³-hybridized carbons (Fsp3) is 0.235. The number of hydrogen-bond acceptors (Lipinski definition) is 1. The summed E-state index contributed by atoms with van der Waals surface area (Å²) in [4.78, 5) is 12.3. The zero-order valence-electron chi connectivity index (χ0n) is 12.2. The van der Waals surface area contributed by atoms with E-state index in [4.69, 9.17) is 0 Å². The Morgan fingerprint density at radius 1 is 1.14 bits per heavy atom. The standard InChI is InChI=1S/C17H17F2NO/c1-10-5-4-6-14(11(10)2)17(21)20-12(3)15-8-7-13(18)9-16(15)19/h4-9,12H,1-3H3,(H,20,21). The third kappa shape index (κ3) is 3.27. The molecular formula is C17H17F2NO. The fourth-order valence-electron chi connectivity index (χ4n) is 2.20. The van der Waals surface area contributed by atoms with Crippen molar-refractivity contribution in [3.8, 4) is 0 Å². The van der Waals surface area contributed by atoms with Crippen LogP contribution in [0.2, 0.25) is 0 Å². The number of halogens is 2. The Morgan fingerprint density at radius 3 is 2.52 bits per heavy atom. The van der Waals surface area contributed by atoms with Crippen LogP contribution < -0.4 is 5.32 Å². The number of amides is 1. The molecule has 0 bridgehead atoms. The lowest BCUT2D eigenvalue weighted by Gasteiger charge is -2.16. The maximum Gasteiger partial charge on any atom is 0.252 e. The van der Waals surface area contributed by atoms with Gasteiger partial charge in [-0.2, -0.15) is 0 Å². The van der Waals surface area contributed by atoms with Crippen LogP contribution in [0.1, 0.15) is 40.0 Å². The van der Waals surface area contributed by atoms with Crippen LogP contribution in [0, 0.1) is 25.5 Å². The minimum Gasteiger partial charge on any atom is -0.345 e. The van der Waals surface area contributed by atoms with E-state index in [0.29, 0.717) is 5.56 Å². The molecule has 0 fully saturated rings. The van der Waals surface area contributed by atoms with Gasteiger partial charge in [0, 0.05) is 17.2 Å². The Hall–Kier alpha value is -2.23. The van der Waals surface area contributed by atoms with Crippen molar-refractivity contribution in [3.63, 3.8) is 0 Å². The highest BCUT2D eigenvalue weighted by Gasteiger charge is 2.16. The average molecular weight is 289 g/mol. The van der Waals surface area contributed by atoms with Crippen LogP contribution in [0.3, 0.4) is 0 Å². The van der Waals surface area contributed by atoms with Crippen LogP contribution in [0.4, 0.5) is 8.78 Å². The summed E-state index contributed by atoms with van der Waals surface area (Å²) in [5.41, 5.74) is 2.73. The average Bonchev–Trinajstić information content (AvgIpc) is 2.41. The molecular weight excluding hydrogens is 272 g/mol. The molecule has 0 radical (unpaired) electrons. The molecule has 0 aliphatic rings. The zero-order valence-corrected chi connectivity index (χ0v) is 12.2. The lowest BCUT2D eigenvalue weighted by atomic mass is 10.0. The Morgan fingerprint density at radius 2 is 1.86 bits per heavy atom. The highest BCUT2D eigenvalue weighted by molar-refractivity contribution is 5.96. The molecule has 2 nitrogen and oxygen atoms in total. The third-order valence-corrected chi connectivity index (χ3v) is 3.63. The van der Waals surface area contributed by atoms with Crippen LogP contribution in [-0.2, 0) is 0 Å². The van der Waals surface area contributed by atoms with Crippen molar-refractivity contribution in [2.75, 3.05) is 0 Å². The summed E-state index contributed by atoms with van der Waals surface area (Å²) in [6.45, 7) is 5.46. The van der Waals surface area contributed by atoms with Crippen LogP contribution in [0.5, 0.6) is 0 Å². The molecule has 2 aromatic carbocycles. The molecule has 4 heteroatoms. The maximum atomic E-state index is 13.7. The molecule has 0 saturated carbocycles. The third-order valence-electron chi connectivity index (χ3n) is 3.63. The number of aryl methyl sites for hydroxylation is 1. The van der Waals surface area contributed by atoms with Crippen LogP contribution >= 0.6 is 0 Å².